The van der Waals surface area contributed by atoms with E-state index >= 15 is 0 Å². The number of fused-ring (bicyclic) bond motifs is 1. The molecule has 4 rings (SSSR count). The first kappa shape index (κ1) is 23.8. The molecule has 1 fully saturated rings. The summed E-state index contributed by atoms with van der Waals surface area (Å²) in [6, 6.07) is 12.2. The minimum atomic E-state index is -3.56. The number of benzene rings is 2. The number of hydrogen-bond acceptors (Lipinski definition) is 6. The fourth-order valence-corrected chi connectivity index (χ4v) is 5.83. The maximum Gasteiger partial charge on any atom is 0.260 e. The average Bonchev–Trinajstić information content (AvgIpc) is 3.46. The molecule has 3 aromatic rings. The van der Waals surface area contributed by atoms with Crippen molar-refractivity contribution in [3.05, 3.63) is 53.6 Å². The third-order valence-corrected chi connectivity index (χ3v) is 8.70. The Morgan fingerprint density at radius 1 is 1.18 bits per heavy atom. The van der Waals surface area contributed by atoms with Crippen molar-refractivity contribution in [1.82, 2.24) is 9.29 Å². The lowest BCUT2D eigenvalue weighted by molar-refractivity contribution is 0.0917. The Bertz CT molecular complexity index is 1240. The number of thiazole rings is 1. The van der Waals surface area contributed by atoms with Crippen LogP contribution in [-0.2, 0) is 14.8 Å². The second kappa shape index (κ2) is 9.50. The maximum absolute atomic E-state index is 13.6. The summed E-state index contributed by atoms with van der Waals surface area (Å²) in [5, 5.41) is 0.628. The summed E-state index contributed by atoms with van der Waals surface area (Å²) < 4.78 is 32.8. The van der Waals surface area contributed by atoms with Crippen LogP contribution in [0.3, 0.4) is 0 Å². The predicted octanol–water partition coefficient (Wildman–Crippen LogP) is 4.50. The number of sulfonamides is 1. The summed E-state index contributed by atoms with van der Waals surface area (Å²) in [6.45, 7) is 5.37. The van der Waals surface area contributed by atoms with Crippen molar-refractivity contribution in [3.8, 4) is 0 Å². The summed E-state index contributed by atoms with van der Waals surface area (Å²) in [5.74, 6) is 0.0987. The van der Waals surface area contributed by atoms with Crippen LogP contribution in [0.15, 0.2) is 47.4 Å². The number of anilines is 1. The highest BCUT2D eigenvalue weighted by Gasteiger charge is 2.28. The van der Waals surface area contributed by atoms with E-state index in [2.05, 4.69) is 19.9 Å². The SMILES string of the molecule is CC(C)c1cccc2sc(N(CC3CCCO3)C(=O)c3ccc(S(=O)(=O)N(C)C)cc3)nc12. The second-order valence-corrected chi connectivity index (χ2v) is 11.9. The van der Waals surface area contributed by atoms with Crippen LogP contribution in [0, 0.1) is 0 Å². The highest BCUT2D eigenvalue weighted by molar-refractivity contribution is 7.89. The van der Waals surface area contributed by atoms with Crippen LogP contribution in [0.4, 0.5) is 5.13 Å². The first-order valence-corrected chi connectivity index (χ1v) is 13.3. The Balaban J connectivity index is 1.71. The van der Waals surface area contributed by atoms with Gasteiger partial charge in [-0.05, 0) is 54.7 Å². The van der Waals surface area contributed by atoms with E-state index in [1.165, 1.54) is 37.6 Å². The molecule has 33 heavy (non-hydrogen) atoms. The molecule has 7 nitrogen and oxygen atoms in total. The molecule has 176 valence electrons. The number of amides is 1. The van der Waals surface area contributed by atoms with E-state index in [9.17, 15) is 13.2 Å². The Kier molecular flexibility index (Phi) is 6.86. The number of para-hydroxylation sites is 1. The van der Waals surface area contributed by atoms with Crippen LogP contribution >= 0.6 is 11.3 Å². The van der Waals surface area contributed by atoms with Gasteiger partial charge in [0, 0.05) is 26.3 Å². The van der Waals surface area contributed by atoms with Crippen LogP contribution in [0.1, 0.15) is 48.5 Å². The van der Waals surface area contributed by atoms with Gasteiger partial charge in [0.15, 0.2) is 5.13 Å². The molecule has 2 heterocycles. The molecule has 1 unspecified atom stereocenters. The molecule has 2 aromatic carbocycles. The van der Waals surface area contributed by atoms with Crippen LogP contribution in [0.2, 0.25) is 0 Å². The minimum Gasteiger partial charge on any atom is -0.376 e. The Hall–Kier alpha value is -2.33. The molecule has 1 atom stereocenters. The first-order chi connectivity index (χ1) is 15.7. The molecule has 1 aromatic heterocycles. The van der Waals surface area contributed by atoms with E-state index < -0.39 is 10.0 Å². The number of nitrogens with zero attached hydrogens (tertiary/aromatic N) is 3. The second-order valence-electron chi connectivity index (χ2n) is 8.71. The van der Waals surface area contributed by atoms with Crippen molar-refractivity contribution in [2.24, 2.45) is 0 Å². The quantitative estimate of drug-likeness (QED) is 0.490. The van der Waals surface area contributed by atoms with Gasteiger partial charge in [-0.2, -0.15) is 0 Å². The number of carbonyl (C=O) groups excluding carboxylic acids is 1. The summed E-state index contributed by atoms with van der Waals surface area (Å²) in [6.07, 6.45) is 1.83. The molecular weight excluding hydrogens is 458 g/mol. The smallest absolute Gasteiger partial charge is 0.260 e. The third-order valence-electron chi connectivity index (χ3n) is 5.83. The van der Waals surface area contributed by atoms with Crippen molar-refractivity contribution in [2.75, 3.05) is 32.1 Å². The molecule has 0 saturated carbocycles. The summed E-state index contributed by atoms with van der Waals surface area (Å²) >= 11 is 1.49. The highest BCUT2D eigenvalue weighted by atomic mass is 32.2. The Morgan fingerprint density at radius 3 is 2.52 bits per heavy atom. The highest BCUT2D eigenvalue weighted by Crippen LogP contribution is 2.34. The zero-order chi connectivity index (χ0) is 23.8. The average molecular weight is 488 g/mol. The van der Waals surface area contributed by atoms with Gasteiger partial charge >= 0.3 is 0 Å². The van der Waals surface area contributed by atoms with Crippen molar-refractivity contribution in [2.45, 2.75) is 43.6 Å². The number of ether oxygens (including phenoxy) is 1. The zero-order valence-corrected chi connectivity index (χ0v) is 20.9. The summed E-state index contributed by atoms with van der Waals surface area (Å²) in [5.41, 5.74) is 2.48. The monoisotopic (exact) mass is 487 g/mol. The van der Waals surface area contributed by atoms with Gasteiger partial charge < -0.3 is 4.74 Å². The van der Waals surface area contributed by atoms with Gasteiger partial charge in [-0.3, -0.25) is 9.69 Å². The number of hydrogen-bond donors (Lipinski definition) is 0. The normalized spacial score (nSPS) is 16.7. The fraction of sp³-hybridized carbons (Fsp3) is 0.417. The van der Waals surface area contributed by atoms with Crippen molar-refractivity contribution >= 4 is 42.6 Å². The van der Waals surface area contributed by atoms with Gasteiger partial charge in [0.1, 0.15) is 0 Å². The van der Waals surface area contributed by atoms with Gasteiger partial charge in [0.25, 0.3) is 5.91 Å². The van der Waals surface area contributed by atoms with Gasteiger partial charge in [-0.25, -0.2) is 17.7 Å². The summed E-state index contributed by atoms with van der Waals surface area (Å²) in [7, 11) is -0.598. The molecule has 0 N–H and O–H groups in total. The molecular formula is C24H29N3O4S2. The van der Waals surface area contributed by atoms with Gasteiger partial charge in [0.05, 0.1) is 27.8 Å². The maximum atomic E-state index is 13.6. The lowest BCUT2D eigenvalue weighted by Crippen LogP contribution is -2.37. The first-order valence-electron chi connectivity index (χ1n) is 11.0. The van der Waals surface area contributed by atoms with Gasteiger partial charge in [0.2, 0.25) is 10.0 Å². The van der Waals surface area contributed by atoms with Crippen LogP contribution in [0.5, 0.6) is 0 Å². The third kappa shape index (κ3) is 4.82. The van der Waals surface area contributed by atoms with Gasteiger partial charge in [-0.15, -0.1) is 0 Å². The standard InChI is InChI=1S/C24H29N3O4S2/c1-16(2)20-8-5-9-21-22(20)25-24(32-21)27(15-18-7-6-14-31-18)23(28)17-10-12-19(13-11-17)33(29,30)26(3)4/h5,8-13,16,18H,6-7,14-15H2,1-4H3. The molecule has 1 amide bonds. The zero-order valence-electron chi connectivity index (χ0n) is 19.3. The molecule has 0 aliphatic carbocycles. The largest absolute Gasteiger partial charge is 0.376 e. The van der Waals surface area contributed by atoms with Crippen LogP contribution in [0.25, 0.3) is 10.2 Å². The van der Waals surface area contributed by atoms with E-state index in [4.69, 9.17) is 9.72 Å². The lowest BCUT2D eigenvalue weighted by atomic mass is 10.0. The fourth-order valence-electron chi connectivity index (χ4n) is 3.92. The molecule has 0 bridgehead atoms. The minimum absolute atomic E-state index is 0.0427. The van der Waals surface area contributed by atoms with E-state index in [-0.39, 0.29) is 16.9 Å². The van der Waals surface area contributed by atoms with Crippen molar-refractivity contribution in [3.63, 3.8) is 0 Å². The predicted molar refractivity (Wildman–Crippen MR) is 132 cm³/mol. The number of rotatable bonds is 7. The molecule has 1 aliphatic heterocycles. The van der Waals surface area contributed by atoms with E-state index in [0.29, 0.717) is 29.8 Å². The van der Waals surface area contributed by atoms with E-state index in [1.54, 1.807) is 17.0 Å². The summed E-state index contributed by atoms with van der Waals surface area (Å²) in [4.78, 5) is 20.3. The molecule has 1 aliphatic rings. The molecule has 0 radical (unpaired) electrons. The molecule has 1 saturated heterocycles. The Labute approximate surface area is 199 Å². The lowest BCUT2D eigenvalue weighted by Gasteiger charge is -2.23. The molecule has 9 heteroatoms. The van der Waals surface area contributed by atoms with Crippen LogP contribution in [-0.4, -0.2) is 57.0 Å². The number of carbonyl (C=O) groups is 1. The van der Waals surface area contributed by atoms with Crippen molar-refractivity contribution < 1.29 is 17.9 Å². The van der Waals surface area contributed by atoms with E-state index in [0.717, 1.165) is 32.9 Å². The van der Waals surface area contributed by atoms with Crippen molar-refractivity contribution in [1.29, 1.82) is 0 Å². The van der Waals surface area contributed by atoms with Crippen LogP contribution < -0.4 is 4.90 Å². The van der Waals surface area contributed by atoms with Gasteiger partial charge in [-0.1, -0.05) is 37.3 Å². The number of aromatic nitrogens is 1. The van der Waals surface area contributed by atoms with E-state index in [1.807, 2.05) is 12.1 Å². The topological polar surface area (TPSA) is 79.8 Å². The Morgan fingerprint density at radius 2 is 1.91 bits per heavy atom. The molecule has 0 spiro atoms.